The average Bonchev–Trinajstić information content (AvgIpc) is 2.55. The molecule has 1 aromatic rings. The largest absolute Gasteiger partial charge is 0.378 e. The van der Waals surface area contributed by atoms with E-state index in [1.165, 1.54) is 31.4 Å². The number of carbonyl (C=O) groups excluding carboxylic acids is 1. The first-order chi connectivity index (χ1) is 10.8. The summed E-state index contributed by atoms with van der Waals surface area (Å²) in [6, 6.07) is 7.46. The lowest BCUT2D eigenvalue weighted by molar-refractivity contribution is -0.218. The minimum atomic E-state index is -0.495. The molecular formula is C18H27O4. The summed E-state index contributed by atoms with van der Waals surface area (Å²) in [6.45, 7) is 6.62. The second-order valence-electron chi connectivity index (χ2n) is 5.22. The quantitative estimate of drug-likeness (QED) is 0.324. The van der Waals surface area contributed by atoms with Crippen LogP contribution in [0.15, 0.2) is 24.3 Å². The first-order valence-corrected chi connectivity index (χ1v) is 8.14. The Balaban J connectivity index is 2.19. The lowest BCUT2D eigenvalue weighted by Crippen LogP contribution is -2.07. The number of unbranched alkanes of at least 4 members (excludes halogenated alkanes) is 3. The minimum Gasteiger partial charge on any atom is -0.378 e. The van der Waals surface area contributed by atoms with E-state index >= 15 is 0 Å². The lowest BCUT2D eigenvalue weighted by Gasteiger charge is -2.05. The van der Waals surface area contributed by atoms with Crippen LogP contribution in [0.25, 0.3) is 0 Å². The highest BCUT2D eigenvalue weighted by molar-refractivity contribution is 5.88. The first-order valence-electron chi connectivity index (χ1n) is 8.14. The zero-order valence-corrected chi connectivity index (χ0v) is 13.7. The van der Waals surface area contributed by atoms with Crippen molar-refractivity contribution in [2.75, 3.05) is 13.2 Å². The normalized spacial score (nSPS) is 10.6. The fourth-order valence-corrected chi connectivity index (χ4v) is 1.92. The summed E-state index contributed by atoms with van der Waals surface area (Å²) in [5.41, 5.74) is 1.72. The van der Waals surface area contributed by atoms with Gasteiger partial charge in [0.1, 0.15) is 0 Å². The summed E-state index contributed by atoms with van der Waals surface area (Å²) >= 11 is 0. The van der Waals surface area contributed by atoms with E-state index < -0.39 is 5.97 Å². The van der Waals surface area contributed by atoms with E-state index in [0.717, 1.165) is 19.3 Å². The standard InChI is InChI=1S/C18H27O4/c1-3-5-7-8-16-9-11-17(12-10-16)18(19)22-21-15-14-20-13-6-4-2/h9-12,15H,3-8,13-14H2,1-2H3. The zero-order valence-electron chi connectivity index (χ0n) is 13.7. The van der Waals surface area contributed by atoms with Gasteiger partial charge in [-0.15, -0.1) is 0 Å². The molecule has 22 heavy (non-hydrogen) atoms. The highest BCUT2D eigenvalue weighted by Crippen LogP contribution is 2.10. The van der Waals surface area contributed by atoms with Crippen LogP contribution in [0.4, 0.5) is 0 Å². The Morgan fingerprint density at radius 1 is 1.05 bits per heavy atom. The number of aryl methyl sites for hydroxylation is 1. The molecule has 0 bridgehead atoms. The van der Waals surface area contributed by atoms with Gasteiger partial charge in [-0.3, -0.25) is 4.89 Å². The fraction of sp³-hybridized carbons (Fsp3) is 0.556. The Labute approximate surface area is 133 Å². The molecule has 0 aliphatic heterocycles. The van der Waals surface area contributed by atoms with Crippen LogP contribution in [0.3, 0.4) is 0 Å². The predicted molar refractivity (Wildman–Crippen MR) is 86.2 cm³/mol. The first kappa shape index (κ1) is 18.7. The van der Waals surface area contributed by atoms with Crippen LogP contribution in [0, 0.1) is 6.61 Å². The number of hydrogen-bond donors (Lipinski definition) is 0. The molecule has 0 atom stereocenters. The van der Waals surface area contributed by atoms with Crippen LogP contribution >= 0.6 is 0 Å². The van der Waals surface area contributed by atoms with Crippen LogP contribution in [0.1, 0.15) is 61.9 Å². The van der Waals surface area contributed by atoms with Crippen molar-refractivity contribution in [3.05, 3.63) is 42.0 Å². The third-order valence-corrected chi connectivity index (χ3v) is 3.28. The smallest absolute Gasteiger partial charge is 0.373 e. The van der Waals surface area contributed by atoms with Gasteiger partial charge < -0.3 is 4.74 Å². The third-order valence-electron chi connectivity index (χ3n) is 3.28. The van der Waals surface area contributed by atoms with Gasteiger partial charge in [0.05, 0.1) is 12.2 Å². The summed E-state index contributed by atoms with van der Waals surface area (Å²) in [5.74, 6) is -0.495. The van der Waals surface area contributed by atoms with Crippen LogP contribution in [0.5, 0.6) is 0 Å². The van der Waals surface area contributed by atoms with Crippen molar-refractivity contribution >= 4 is 5.97 Å². The van der Waals surface area contributed by atoms with Gasteiger partial charge in [0.25, 0.3) is 0 Å². The molecule has 0 amide bonds. The van der Waals surface area contributed by atoms with Crippen molar-refractivity contribution in [3.63, 3.8) is 0 Å². The summed E-state index contributed by atoms with van der Waals surface area (Å²) < 4.78 is 5.25. The van der Waals surface area contributed by atoms with Gasteiger partial charge in [0.2, 0.25) is 0 Å². The molecule has 0 aliphatic carbocycles. The van der Waals surface area contributed by atoms with E-state index in [9.17, 15) is 4.79 Å². The van der Waals surface area contributed by atoms with Gasteiger partial charge >= 0.3 is 5.97 Å². The zero-order chi connectivity index (χ0) is 16.0. The van der Waals surface area contributed by atoms with E-state index in [-0.39, 0.29) is 0 Å². The maximum Gasteiger partial charge on any atom is 0.373 e. The molecule has 0 spiro atoms. The molecule has 0 fully saturated rings. The molecule has 123 valence electrons. The molecule has 4 heteroatoms. The van der Waals surface area contributed by atoms with E-state index in [2.05, 4.69) is 13.8 Å². The summed E-state index contributed by atoms with van der Waals surface area (Å²) in [6.07, 6.45) is 6.76. The molecule has 1 aromatic carbocycles. The Kier molecular flexibility index (Phi) is 10.3. The van der Waals surface area contributed by atoms with Crippen molar-refractivity contribution in [2.45, 2.75) is 52.4 Å². The Hall–Kier alpha value is -1.39. The van der Waals surface area contributed by atoms with Crippen molar-refractivity contribution in [1.82, 2.24) is 0 Å². The van der Waals surface area contributed by atoms with Crippen molar-refractivity contribution in [1.29, 1.82) is 0 Å². The molecule has 4 nitrogen and oxygen atoms in total. The molecular weight excluding hydrogens is 280 g/mol. The molecule has 1 rings (SSSR count). The van der Waals surface area contributed by atoms with Gasteiger partial charge in [-0.05, 0) is 37.0 Å². The summed E-state index contributed by atoms with van der Waals surface area (Å²) in [5, 5.41) is 0. The van der Waals surface area contributed by atoms with Crippen LogP contribution in [0.2, 0.25) is 0 Å². The van der Waals surface area contributed by atoms with Crippen molar-refractivity contribution in [3.8, 4) is 0 Å². The molecule has 0 saturated heterocycles. The average molecular weight is 307 g/mol. The lowest BCUT2D eigenvalue weighted by atomic mass is 10.1. The molecule has 0 aliphatic rings. The number of hydrogen-bond acceptors (Lipinski definition) is 4. The Morgan fingerprint density at radius 3 is 2.45 bits per heavy atom. The van der Waals surface area contributed by atoms with Gasteiger partial charge in [-0.25, -0.2) is 4.79 Å². The van der Waals surface area contributed by atoms with Crippen molar-refractivity contribution in [2.24, 2.45) is 0 Å². The second-order valence-corrected chi connectivity index (χ2v) is 5.22. The van der Waals surface area contributed by atoms with Crippen molar-refractivity contribution < 1.29 is 19.3 Å². The number of benzene rings is 1. The molecule has 0 saturated carbocycles. The third kappa shape index (κ3) is 8.15. The molecule has 0 unspecified atom stereocenters. The van der Waals surface area contributed by atoms with Crippen LogP contribution in [-0.4, -0.2) is 19.2 Å². The second kappa shape index (κ2) is 12.2. The monoisotopic (exact) mass is 307 g/mol. The SMILES string of the molecule is CCCCCc1ccc(C(=O)OO[CH]COCCCC)cc1. The van der Waals surface area contributed by atoms with Gasteiger partial charge in [0.15, 0.2) is 6.61 Å². The van der Waals surface area contributed by atoms with Gasteiger partial charge in [-0.1, -0.05) is 45.2 Å². The van der Waals surface area contributed by atoms with Gasteiger partial charge in [-0.2, -0.15) is 4.89 Å². The van der Waals surface area contributed by atoms with E-state index in [0.29, 0.717) is 18.8 Å². The maximum absolute atomic E-state index is 11.7. The Bertz CT molecular complexity index is 400. The predicted octanol–water partition coefficient (Wildman–Crippen LogP) is 4.49. The number of ether oxygens (including phenoxy) is 1. The molecule has 0 aromatic heterocycles. The summed E-state index contributed by atoms with van der Waals surface area (Å²) in [7, 11) is 0. The number of rotatable bonds is 12. The van der Waals surface area contributed by atoms with Crippen LogP contribution < -0.4 is 0 Å². The minimum absolute atomic E-state index is 0.309. The Morgan fingerprint density at radius 2 is 1.77 bits per heavy atom. The highest BCUT2D eigenvalue weighted by Gasteiger charge is 2.08. The summed E-state index contributed by atoms with van der Waals surface area (Å²) in [4.78, 5) is 21.2. The molecule has 0 heterocycles. The number of carbonyl (C=O) groups is 1. The van der Waals surface area contributed by atoms with Crippen LogP contribution in [-0.2, 0) is 20.9 Å². The molecule has 0 N–H and O–H groups in total. The molecule has 1 radical (unpaired) electrons. The van der Waals surface area contributed by atoms with E-state index in [4.69, 9.17) is 14.5 Å². The fourth-order valence-electron chi connectivity index (χ4n) is 1.92. The maximum atomic E-state index is 11.7. The highest BCUT2D eigenvalue weighted by atomic mass is 17.2. The van der Waals surface area contributed by atoms with E-state index in [1.54, 1.807) is 12.1 Å². The van der Waals surface area contributed by atoms with Gasteiger partial charge in [0, 0.05) is 6.61 Å². The topological polar surface area (TPSA) is 44.8 Å². The van der Waals surface area contributed by atoms with E-state index in [1.807, 2.05) is 12.1 Å².